The van der Waals surface area contributed by atoms with E-state index in [4.69, 9.17) is 14.2 Å². The van der Waals surface area contributed by atoms with Crippen LogP contribution in [0.2, 0.25) is 0 Å². The average Bonchev–Trinajstić information content (AvgIpc) is 3.42. The van der Waals surface area contributed by atoms with E-state index in [0.29, 0.717) is 19.3 Å². The summed E-state index contributed by atoms with van der Waals surface area (Å²) in [7, 11) is 0. The second-order valence-electron chi connectivity index (χ2n) is 20.9. The van der Waals surface area contributed by atoms with Crippen molar-refractivity contribution in [3.05, 3.63) is 109 Å². The van der Waals surface area contributed by atoms with Crippen molar-refractivity contribution >= 4 is 17.9 Å². The zero-order valence-corrected chi connectivity index (χ0v) is 49.7. The molecule has 0 aliphatic heterocycles. The van der Waals surface area contributed by atoms with Gasteiger partial charge in [-0.05, 0) is 116 Å². The lowest BCUT2D eigenvalue weighted by Gasteiger charge is -2.18. The van der Waals surface area contributed by atoms with Gasteiger partial charge >= 0.3 is 17.9 Å². The van der Waals surface area contributed by atoms with Gasteiger partial charge in [-0.15, -0.1) is 0 Å². The molecule has 0 aromatic heterocycles. The largest absolute Gasteiger partial charge is 0.462 e. The number of hydrogen-bond donors (Lipinski definition) is 0. The van der Waals surface area contributed by atoms with Crippen LogP contribution in [-0.4, -0.2) is 37.2 Å². The van der Waals surface area contributed by atoms with Gasteiger partial charge in [-0.3, -0.25) is 14.4 Å². The summed E-state index contributed by atoms with van der Waals surface area (Å²) >= 11 is 0. The molecule has 6 heteroatoms. The van der Waals surface area contributed by atoms with Crippen LogP contribution in [0.4, 0.5) is 0 Å². The molecule has 0 aromatic rings. The first kappa shape index (κ1) is 72.1. The van der Waals surface area contributed by atoms with E-state index in [-0.39, 0.29) is 31.1 Å². The Balaban J connectivity index is 4.30. The van der Waals surface area contributed by atoms with E-state index in [1.807, 2.05) is 0 Å². The molecule has 0 aliphatic carbocycles. The van der Waals surface area contributed by atoms with E-state index in [0.717, 1.165) is 135 Å². The number of rotatable bonds is 57. The first-order valence-corrected chi connectivity index (χ1v) is 31.9. The fourth-order valence-corrected chi connectivity index (χ4v) is 8.76. The van der Waals surface area contributed by atoms with Gasteiger partial charge in [-0.2, -0.15) is 0 Å². The Labute approximate surface area is 470 Å². The minimum Gasteiger partial charge on any atom is -0.462 e. The van der Waals surface area contributed by atoms with Gasteiger partial charge in [0.25, 0.3) is 0 Å². The second kappa shape index (κ2) is 63.6. The SMILES string of the molecule is CC/C=C\C/C=C\C/C=C\C/C=C\CCCCCCCCCCCCCCCCC(=O)OCC(COC(=O)CCCCCCC/C=C\C/C=C\CCCC)OC(=O)CCCCCCCCC/C=C\C/C=C\C/C=C\CC. The molecule has 0 saturated carbocycles. The maximum absolute atomic E-state index is 12.9. The molecule has 0 saturated heterocycles. The zero-order valence-electron chi connectivity index (χ0n) is 49.7. The third-order valence-electron chi connectivity index (χ3n) is 13.5. The Morgan fingerprint density at radius 2 is 0.513 bits per heavy atom. The number of carbonyl (C=O) groups excluding carboxylic acids is 3. The summed E-state index contributed by atoms with van der Waals surface area (Å²) in [6.45, 7) is 6.38. The Kier molecular flexibility index (Phi) is 60.3. The van der Waals surface area contributed by atoms with Crippen molar-refractivity contribution < 1.29 is 28.6 Å². The molecule has 0 radical (unpaired) electrons. The van der Waals surface area contributed by atoms with E-state index in [9.17, 15) is 14.4 Å². The van der Waals surface area contributed by atoms with Gasteiger partial charge in [0, 0.05) is 19.3 Å². The van der Waals surface area contributed by atoms with Crippen molar-refractivity contribution in [1.82, 2.24) is 0 Å². The lowest BCUT2D eigenvalue weighted by atomic mass is 10.0. The maximum atomic E-state index is 12.9. The predicted molar refractivity (Wildman–Crippen MR) is 330 cm³/mol. The Bertz CT molecular complexity index is 1540. The number of unbranched alkanes of at least 4 members (excludes halogenated alkanes) is 28. The van der Waals surface area contributed by atoms with Crippen molar-refractivity contribution in [3.8, 4) is 0 Å². The van der Waals surface area contributed by atoms with Crippen LogP contribution < -0.4 is 0 Å². The molecule has 0 spiro atoms. The number of allylic oxidation sites excluding steroid dienone is 18. The van der Waals surface area contributed by atoms with Gasteiger partial charge in [0.1, 0.15) is 13.2 Å². The maximum Gasteiger partial charge on any atom is 0.306 e. The number of carbonyl (C=O) groups is 3. The fourth-order valence-electron chi connectivity index (χ4n) is 8.76. The first-order valence-electron chi connectivity index (χ1n) is 31.9. The summed E-state index contributed by atoms with van der Waals surface area (Å²) < 4.78 is 16.9. The van der Waals surface area contributed by atoms with Gasteiger partial charge in [0.15, 0.2) is 6.10 Å². The third-order valence-corrected chi connectivity index (χ3v) is 13.5. The molecule has 0 fully saturated rings. The van der Waals surface area contributed by atoms with Gasteiger partial charge < -0.3 is 14.2 Å². The van der Waals surface area contributed by atoms with Crippen molar-refractivity contribution in [2.45, 2.75) is 303 Å². The molecule has 0 aromatic carbocycles. The van der Waals surface area contributed by atoms with Crippen LogP contribution in [-0.2, 0) is 28.6 Å². The molecular weight excluding hydrogens is 937 g/mol. The summed E-state index contributed by atoms with van der Waals surface area (Å²) in [5.41, 5.74) is 0. The monoisotopic (exact) mass is 1050 g/mol. The fraction of sp³-hybridized carbons (Fsp3) is 0.700. The molecule has 0 aliphatic rings. The predicted octanol–water partition coefficient (Wildman–Crippen LogP) is 21.8. The van der Waals surface area contributed by atoms with Crippen molar-refractivity contribution in [2.24, 2.45) is 0 Å². The van der Waals surface area contributed by atoms with Crippen LogP contribution in [0.1, 0.15) is 297 Å². The molecule has 0 N–H and O–H groups in total. The van der Waals surface area contributed by atoms with Crippen LogP contribution in [0, 0.1) is 0 Å². The minimum absolute atomic E-state index is 0.0866. The van der Waals surface area contributed by atoms with E-state index >= 15 is 0 Å². The molecule has 6 nitrogen and oxygen atoms in total. The van der Waals surface area contributed by atoms with Crippen LogP contribution in [0.3, 0.4) is 0 Å². The van der Waals surface area contributed by atoms with Gasteiger partial charge in [-0.1, -0.05) is 271 Å². The second-order valence-corrected chi connectivity index (χ2v) is 20.9. The van der Waals surface area contributed by atoms with Crippen molar-refractivity contribution in [2.75, 3.05) is 13.2 Å². The van der Waals surface area contributed by atoms with Crippen LogP contribution in [0.5, 0.6) is 0 Å². The van der Waals surface area contributed by atoms with Gasteiger partial charge in [0.05, 0.1) is 0 Å². The molecule has 76 heavy (non-hydrogen) atoms. The third kappa shape index (κ3) is 60.9. The van der Waals surface area contributed by atoms with Crippen LogP contribution in [0.25, 0.3) is 0 Å². The lowest BCUT2D eigenvalue weighted by molar-refractivity contribution is -0.167. The summed E-state index contributed by atoms with van der Waals surface area (Å²) in [6, 6.07) is 0. The minimum atomic E-state index is -0.791. The molecule has 0 amide bonds. The normalized spacial score (nSPS) is 12.8. The molecule has 1 unspecified atom stereocenters. The Morgan fingerprint density at radius 1 is 0.276 bits per heavy atom. The van der Waals surface area contributed by atoms with Crippen LogP contribution in [0.15, 0.2) is 109 Å². The molecule has 0 heterocycles. The lowest BCUT2D eigenvalue weighted by Crippen LogP contribution is -2.30. The molecular formula is C70H118O6. The first-order chi connectivity index (χ1) is 37.5. The van der Waals surface area contributed by atoms with E-state index in [2.05, 4.69) is 130 Å². The highest BCUT2D eigenvalue weighted by molar-refractivity contribution is 5.71. The van der Waals surface area contributed by atoms with E-state index in [1.165, 1.54) is 122 Å². The number of ether oxygens (including phenoxy) is 3. The van der Waals surface area contributed by atoms with Gasteiger partial charge in [0.2, 0.25) is 0 Å². The highest BCUT2D eigenvalue weighted by Crippen LogP contribution is 2.16. The van der Waals surface area contributed by atoms with Gasteiger partial charge in [-0.25, -0.2) is 0 Å². The van der Waals surface area contributed by atoms with Crippen molar-refractivity contribution in [3.63, 3.8) is 0 Å². The van der Waals surface area contributed by atoms with Crippen molar-refractivity contribution in [1.29, 1.82) is 0 Å². The van der Waals surface area contributed by atoms with E-state index in [1.54, 1.807) is 0 Å². The summed E-state index contributed by atoms with van der Waals surface area (Å²) in [5.74, 6) is -0.904. The molecule has 434 valence electrons. The molecule has 0 bridgehead atoms. The summed E-state index contributed by atoms with van der Waals surface area (Å²) in [4.78, 5) is 38.3. The smallest absolute Gasteiger partial charge is 0.306 e. The highest BCUT2D eigenvalue weighted by atomic mass is 16.6. The quantitative estimate of drug-likeness (QED) is 0.0261. The van der Waals surface area contributed by atoms with Crippen LogP contribution >= 0.6 is 0 Å². The van der Waals surface area contributed by atoms with E-state index < -0.39 is 6.10 Å². The molecule has 0 rings (SSSR count). The average molecular weight is 1060 g/mol. The zero-order chi connectivity index (χ0) is 55.0. The highest BCUT2D eigenvalue weighted by Gasteiger charge is 2.19. The summed E-state index contributed by atoms with van der Waals surface area (Å²) in [6.07, 6.45) is 86.7. The number of esters is 3. The number of hydrogen-bond acceptors (Lipinski definition) is 6. The Hall–Kier alpha value is -3.93. The summed E-state index contributed by atoms with van der Waals surface area (Å²) in [5, 5.41) is 0. The standard InChI is InChI=1S/C70H118O6/c1-4-7-10-13-16-19-22-25-28-30-31-32-33-34-35-36-37-38-39-41-42-45-48-51-54-57-60-63-69(72)75-66-67(65-74-68(71)62-59-56-53-50-47-44-27-24-21-18-15-12-9-6-3)76-70(73)64-61-58-55-52-49-46-43-40-29-26-23-20-17-14-11-8-5-2/h7-8,10-11,15-20,24-29,31-32,67H,4-6,9,12-14,21-23,30,33-66H2,1-3H3/b10-7-,11-8-,18-15-,19-16-,20-17-,27-24-,28-25-,29-26-,32-31-. The molecule has 1 atom stereocenters. The Morgan fingerprint density at radius 3 is 0.803 bits per heavy atom. The topological polar surface area (TPSA) is 78.9 Å².